The summed E-state index contributed by atoms with van der Waals surface area (Å²) in [4.78, 5) is 27.8. The van der Waals surface area contributed by atoms with Crippen LogP contribution in [0, 0.1) is 5.92 Å². The van der Waals surface area contributed by atoms with Gasteiger partial charge in [0.15, 0.2) is 0 Å². The first kappa shape index (κ1) is 15.6. The van der Waals surface area contributed by atoms with Crippen molar-refractivity contribution in [3.8, 4) is 0 Å². The van der Waals surface area contributed by atoms with Crippen molar-refractivity contribution in [2.75, 3.05) is 33.2 Å². The summed E-state index contributed by atoms with van der Waals surface area (Å²) < 4.78 is 5.24. The maximum atomic E-state index is 12.1. The summed E-state index contributed by atoms with van der Waals surface area (Å²) in [6.45, 7) is 5.37. The van der Waals surface area contributed by atoms with Gasteiger partial charge in [-0.15, -0.1) is 0 Å². The molecule has 0 spiro atoms. The quantitative estimate of drug-likeness (QED) is 0.803. The third-order valence-electron chi connectivity index (χ3n) is 3.84. The van der Waals surface area contributed by atoms with E-state index in [4.69, 9.17) is 4.42 Å². The van der Waals surface area contributed by atoms with E-state index in [0.29, 0.717) is 19.6 Å². The Balaban J connectivity index is 1.77. The average molecular weight is 293 g/mol. The summed E-state index contributed by atoms with van der Waals surface area (Å²) in [6.07, 6.45) is 1.88. The van der Waals surface area contributed by atoms with Crippen LogP contribution in [0.25, 0.3) is 0 Å². The van der Waals surface area contributed by atoms with Gasteiger partial charge in [-0.25, -0.2) is 0 Å². The molecule has 21 heavy (non-hydrogen) atoms. The molecular weight excluding hydrogens is 270 g/mol. The molecule has 1 aromatic heterocycles. The topological polar surface area (TPSA) is 65.8 Å². The normalized spacial score (nSPS) is 18.5. The first-order valence-corrected chi connectivity index (χ1v) is 7.36. The van der Waals surface area contributed by atoms with E-state index < -0.39 is 0 Å². The third kappa shape index (κ3) is 4.32. The fourth-order valence-corrected chi connectivity index (χ4v) is 2.36. The molecule has 0 radical (unpaired) electrons. The Morgan fingerprint density at radius 3 is 3.05 bits per heavy atom. The molecule has 2 amide bonds. The standard InChI is InChI=1S/C15H23N3O3/c1-3-17(2)7-6-16-15(20)12-9-14(19)18(10-12)11-13-5-4-8-21-13/h4-5,8,12H,3,6-7,9-11H2,1-2H3,(H,16,20)/t12-/m1/s1. The minimum Gasteiger partial charge on any atom is -0.467 e. The van der Waals surface area contributed by atoms with E-state index in [2.05, 4.69) is 17.1 Å². The number of carbonyl (C=O) groups is 2. The number of furan rings is 1. The van der Waals surface area contributed by atoms with E-state index in [1.54, 1.807) is 17.2 Å². The lowest BCUT2D eigenvalue weighted by Crippen LogP contribution is -2.37. The van der Waals surface area contributed by atoms with Gasteiger partial charge in [-0.05, 0) is 25.7 Å². The highest BCUT2D eigenvalue weighted by molar-refractivity contribution is 5.89. The molecule has 0 saturated carbocycles. The minimum atomic E-state index is -0.251. The second-order valence-electron chi connectivity index (χ2n) is 5.44. The molecule has 0 aliphatic carbocycles. The summed E-state index contributed by atoms with van der Waals surface area (Å²) in [5.41, 5.74) is 0. The summed E-state index contributed by atoms with van der Waals surface area (Å²) in [7, 11) is 2.01. The Hall–Kier alpha value is -1.82. The molecule has 0 unspecified atom stereocenters. The van der Waals surface area contributed by atoms with Gasteiger partial charge >= 0.3 is 0 Å². The highest BCUT2D eigenvalue weighted by Gasteiger charge is 2.34. The number of carbonyl (C=O) groups excluding carboxylic acids is 2. The Bertz CT molecular complexity index is 473. The molecule has 6 heteroatoms. The zero-order valence-corrected chi connectivity index (χ0v) is 12.7. The highest BCUT2D eigenvalue weighted by atomic mass is 16.3. The Kier molecular flexibility index (Phi) is 5.38. The summed E-state index contributed by atoms with van der Waals surface area (Å²) in [5.74, 6) is 0.473. The molecule has 1 atom stereocenters. The van der Waals surface area contributed by atoms with E-state index in [9.17, 15) is 9.59 Å². The van der Waals surface area contributed by atoms with Crippen molar-refractivity contribution in [1.29, 1.82) is 0 Å². The highest BCUT2D eigenvalue weighted by Crippen LogP contribution is 2.20. The molecule has 1 fully saturated rings. The fourth-order valence-electron chi connectivity index (χ4n) is 2.36. The molecule has 0 aromatic carbocycles. The lowest BCUT2D eigenvalue weighted by molar-refractivity contribution is -0.129. The molecule has 1 N–H and O–H groups in total. The smallest absolute Gasteiger partial charge is 0.225 e. The van der Waals surface area contributed by atoms with Gasteiger partial charge in [0.05, 0.1) is 18.7 Å². The van der Waals surface area contributed by atoms with Gasteiger partial charge in [0.2, 0.25) is 11.8 Å². The van der Waals surface area contributed by atoms with Crippen LogP contribution in [0.5, 0.6) is 0 Å². The van der Waals surface area contributed by atoms with E-state index in [-0.39, 0.29) is 24.2 Å². The largest absolute Gasteiger partial charge is 0.467 e. The molecule has 1 aromatic rings. The van der Waals surface area contributed by atoms with Crippen LogP contribution in [-0.4, -0.2) is 54.8 Å². The number of likely N-dealkylation sites (tertiary alicyclic amines) is 1. The van der Waals surface area contributed by atoms with Crippen molar-refractivity contribution < 1.29 is 14.0 Å². The van der Waals surface area contributed by atoms with E-state index in [0.717, 1.165) is 18.8 Å². The van der Waals surface area contributed by atoms with Gasteiger partial charge in [0.1, 0.15) is 5.76 Å². The van der Waals surface area contributed by atoms with Gasteiger partial charge in [-0.1, -0.05) is 6.92 Å². The molecule has 1 aliphatic rings. The first-order chi connectivity index (χ1) is 10.1. The van der Waals surface area contributed by atoms with Crippen LogP contribution >= 0.6 is 0 Å². The van der Waals surface area contributed by atoms with Crippen molar-refractivity contribution >= 4 is 11.8 Å². The summed E-state index contributed by atoms with van der Waals surface area (Å²) >= 11 is 0. The molecular formula is C15H23N3O3. The van der Waals surface area contributed by atoms with Crippen LogP contribution in [0.2, 0.25) is 0 Å². The monoisotopic (exact) mass is 293 g/mol. The maximum Gasteiger partial charge on any atom is 0.225 e. The third-order valence-corrected chi connectivity index (χ3v) is 3.84. The van der Waals surface area contributed by atoms with Crippen molar-refractivity contribution in [2.45, 2.75) is 19.9 Å². The molecule has 1 aliphatic heterocycles. The minimum absolute atomic E-state index is 0.0113. The number of nitrogens with one attached hydrogen (secondary N) is 1. The summed E-state index contributed by atoms with van der Waals surface area (Å²) in [6, 6.07) is 3.63. The SMILES string of the molecule is CCN(C)CCNC(=O)[C@@H]1CC(=O)N(Cc2ccco2)C1. The number of likely N-dealkylation sites (N-methyl/N-ethyl adjacent to an activating group) is 1. The Morgan fingerprint density at radius 1 is 1.57 bits per heavy atom. The van der Waals surface area contributed by atoms with Crippen LogP contribution in [0.3, 0.4) is 0 Å². The predicted octanol–water partition coefficient (Wildman–Crippen LogP) is 0.696. The molecule has 2 rings (SSSR count). The van der Waals surface area contributed by atoms with Gasteiger partial charge in [0.25, 0.3) is 0 Å². The van der Waals surface area contributed by atoms with E-state index in [1.165, 1.54) is 0 Å². The number of hydrogen-bond acceptors (Lipinski definition) is 4. The van der Waals surface area contributed by atoms with Crippen LogP contribution in [0.4, 0.5) is 0 Å². The second-order valence-corrected chi connectivity index (χ2v) is 5.44. The maximum absolute atomic E-state index is 12.1. The van der Waals surface area contributed by atoms with Crippen LogP contribution in [-0.2, 0) is 16.1 Å². The zero-order chi connectivity index (χ0) is 15.2. The Labute approximate surface area is 125 Å². The zero-order valence-electron chi connectivity index (χ0n) is 12.7. The van der Waals surface area contributed by atoms with Crippen molar-refractivity contribution in [3.05, 3.63) is 24.2 Å². The van der Waals surface area contributed by atoms with Crippen LogP contribution < -0.4 is 5.32 Å². The van der Waals surface area contributed by atoms with Crippen molar-refractivity contribution in [3.63, 3.8) is 0 Å². The number of rotatable bonds is 7. The van der Waals surface area contributed by atoms with E-state index >= 15 is 0 Å². The molecule has 2 heterocycles. The lowest BCUT2D eigenvalue weighted by atomic mass is 10.1. The lowest BCUT2D eigenvalue weighted by Gasteiger charge is -2.16. The van der Waals surface area contributed by atoms with Gasteiger partial charge in [-0.2, -0.15) is 0 Å². The second kappa shape index (κ2) is 7.26. The van der Waals surface area contributed by atoms with Crippen molar-refractivity contribution in [1.82, 2.24) is 15.1 Å². The number of hydrogen-bond donors (Lipinski definition) is 1. The first-order valence-electron chi connectivity index (χ1n) is 7.36. The average Bonchev–Trinajstić information content (AvgIpc) is 3.09. The van der Waals surface area contributed by atoms with Crippen molar-refractivity contribution in [2.24, 2.45) is 5.92 Å². The van der Waals surface area contributed by atoms with Crippen LogP contribution in [0.1, 0.15) is 19.1 Å². The fraction of sp³-hybridized carbons (Fsp3) is 0.600. The number of amides is 2. The number of nitrogens with zero attached hydrogens (tertiary/aromatic N) is 2. The molecule has 0 bridgehead atoms. The summed E-state index contributed by atoms with van der Waals surface area (Å²) in [5, 5.41) is 2.91. The predicted molar refractivity (Wildman–Crippen MR) is 78.4 cm³/mol. The van der Waals surface area contributed by atoms with Gasteiger partial charge in [0, 0.05) is 26.1 Å². The van der Waals surface area contributed by atoms with Crippen LogP contribution in [0.15, 0.2) is 22.8 Å². The molecule has 116 valence electrons. The Morgan fingerprint density at radius 2 is 2.38 bits per heavy atom. The van der Waals surface area contributed by atoms with E-state index in [1.807, 2.05) is 13.1 Å². The van der Waals surface area contributed by atoms with Gasteiger partial charge in [-0.3, -0.25) is 9.59 Å². The van der Waals surface area contributed by atoms with Gasteiger partial charge < -0.3 is 19.5 Å². The molecule has 6 nitrogen and oxygen atoms in total. The molecule has 1 saturated heterocycles.